The maximum atomic E-state index is 11.9. The third-order valence-corrected chi connectivity index (χ3v) is 3.52. The highest BCUT2D eigenvalue weighted by Crippen LogP contribution is 2.24. The van der Waals surface area contributed by atoms with Crippen LogP contribution in [0.1, 0.15) is 30.1 Å². The van der Waals surface area contributed by atoms with Crippen LogP contribution in [0.2, 0.25) is 0 Å². The van der Waals surface area contributed by atoms with Crippen LogP contribution >= 0.6 is 0 Å². The number of nitrogens with zero attached hydrogens (tertiary/aromatic N) is 1. The molecule has 20 heavy (non-hydrogen) atoms. The van der Waals surface area contributed by atoms with Gasteiger partial charge in [-0.2, -0.15) is 0 Å². The number of rotatable bonds is 6. The highest BCUT2D eigenvalue weighted by molar-refractivity contribution is 5.98. The predicted octanol–water partition coefficient (Wildman–Crippen LogP) is 1.95. The Hall–Kier alpha value is -1.75. The third kappa shape index (κ3) is 3.63. The summed E-state index contributed by atoms with van der Waals surface area (Å²) in [4.78, 5) is 14.3. The lowest BCUT2D eigenvalue weighted by atomic mass is 10.1. The first-order chi connectivity index (χ1) is 9.72. The lowest BCUT2D eigenvalue weighted by Crippen LogP contribution is -2.26. The lowest BCUT2D eigenvalue weighted by Gasteiger charge is -2.17. The molecule has 0 spiro atoms. The molecule has 0 bridgehead atoms. The van der Waals surface area contributed by atoms with Crippen molar-refractivity contribution in [2.45, 2.75) is 19.8 Å². The lowest BCUT2D eigenvalue weighted by molar-refractivity contribution is 0.0527. The number of benzene rings is 1. The summed E-state index contributed by atoms with van der Waals surface area (Å²) in [5.74, 6) is -0.330. The van der Waals surface area contributed by atoms with Crippen molar-refractivity contribution >= 4 is 17.3 Å². The molecule has 0 unspecified atom stereocenters. The molecule has 1 aliphatic heterocycles. The van der Waals surface area contributed by atoms with Crippen molar-refractivity contribution in [3.05, 3.63) is 23.8 Å². The zero-order chi connectivity index (χ0) is 14.4. The van der Waals surface area contributed by atoms with Crippen LogP contribution < -0.4 is 11.1 Å². The quantitative estimate of drug-likeness (QED) is 0.614. The van der Waals surface area contributed by atoms with Crippen molar-refractivity contribution in [3.8, 4) is 0 Å². The van der Waals surface area contributed by atoms with E-state index in [9.17, 15) is 4.79 Å². The van der Waals surface area contributed by atoms with E-state index in [4.69, 9.17) is 10.5 Å². The second-order valence-corrected chi connectivity index (χ2v) is 4.97. The molecule has 0 atom stereocenters. The minimum Gasteiger partial charge on any atom is -0.462 e. The molecule has 0 amide bonds. The van der Waals surface area contributed by atoms with Crippen LogP contribution in [0.25, 0.3) is 0 Å². The Balaban J connectivity index is 1.99. The van der Waals surface area contributed by atoms with E-state index < -0.39 is 0 Å². The van der Waals surface area contributed by atoms with Crippen LogP contribution in [0, 0.1) is 0 Å². The molecule has 1 fully saturated rings. The van der Waals surface area contributed by atoms with Gasteiger partial charge in [-0.05, 0) is 45.0 Å². The molecular weight excluding hydrogens is 254 g/mol. The Bertz CT molecular complexity index is 456. The Morgan fingerprint density at radius 1 is 1.40 bits per heavy atom. The minimum absolute atomic E-state index is 0.330. The van der Waals surface area contributed by atoms with Gasteiger partial charge in [0.2, 0.25) is 0 Å². The van der Waals surface area contributed by atoms with Gasteiger partial charge < -0.3 is 20.7 Å². The van der Waals surface area contributed by atoms with E-state index >= 15 is 0 Å². The summed E-state index contributed by atoms with van der Waals surface area (Å²) in [6.07, 6.45) is 2.56. The van der Waals surface area contributed by atoms with E-state index in [1.54, 1.807) is 25.1 Å². The number of para-hydroxylation sites is 1. The summed E-state index contributed by atoms with van der Waals surface area (Å²) in [7, 11) is 0. The molecular formula is C15H23N3O2. The van der Waals surface area contributed by atoms with Crippen LogP contribution in [0.3, 0.4) is 0 Å². The standard InChI is InChI=1S/C15H23N3O2/c1-2-20-15(19)12-6-5-7-13(16)14(12)17-8-11-18-9-3-4-10-18/h5-7,17H,2-4,8-11,16H2,1H3. The van der Waals surface area contributed by atoms with E-state index in [1.165, 1.54) is 12.8 Å². The van der Waals surface area contributed by atoms with Crippen LogP contribution in [-0.2, 0) is 4.74 Å². The number of likely N-dealkylation sites (tertiary alicyclic amines) is 1. The first-order valence-corrected chi connectivity index (χ1v) is 7.24. The molecule has 2 rings (SSSR count). The van der Waals surface area contributed by atoms with Crippen LogP contribution in [-0.4, -0.2) is 43.7 Å². The summed E-state index contributed by atoms with van der Waals surface area (Å²) in [6, 6.07) is 5.31. The van der Waals surface area contributed by atoms with Gasteiger partial charge in [0.25, 0.3) is 0 Å². The minimum atomic E-state index is -0.330. The van der Waals surface area contributed by atoms with Crippen molar-refractivity contribution in [3.63, 3.8) is 0 Å². The van der Waals surface area contributed by atoms with Gasteiger partial charge in [-0.15, -0.1) is 0 Å². The summed E-state index contributed by atoms with van der Waals surface area (Å²) in [6.45, 7) is 6.23. The largest absolute Gasteiger partial charge is 0.462 e. The van der Waals surface area contributed by atoms with Crippen molar-refractivity contribution in [1.82, 2.24) is 4.90 Å². The number of carbonyl (C=O) groups is 1. The number of ether oxygens (including phenoxy) is 1. The normalized spacial score (nSPS) is 15.2. The van der Waals surface area contributed by atoms with Gasteiger partial charge in [0, 0.05) is 13.1 Å². The summed E-state index contributed by atoms with van der Waals surface area (Å²) >= 11 is 0. The number of carbonyl (C=O) groups excluding carboxylic acids is 1. The average molecular weight is 277 g/mol. The zero-order valence-corrected chi connectivity index (χ0v) is 12.0. The molecule has 1 aromatic carbocycles. The number of nitrogens with one attached hydrogen (secondary N) is 1. The Morgan fingerprint density at radius 3 is 2.85 bits per heavy atom. The molecule has 5 nitrogen and oxygen atoms in total. The zero-order valence-electron chi connectivity index (χ0n) is 12.0. The fourth-order valence-electron chi connectivity index (χ4n) is 2.49. The third-order valence-electron chi connectivity index (χ3n) is 3.52. The molecule has 3 N–H and O–H groups in total. The Labute approximate surface area is 120 Å². The number of anilines is 2. The van der Waals surface area contributed by atoms with E-state index in [-0.39, 0.29) is 5.97 Å². The Kier molecular flexibility index (Phi) is 5.24. The highest BCUT2D eigenvalue weighted by atomic mass is 16.5. The predicted molar refractivity (Wildman–Crippen MR) is 81.0 cm³/mol. The molecule has 0 aromatic heterocycles. The van der Waals surface area contributed by atoms with Gasteiger partial charge in [0.1, 0.15) is 0 Å². The molecule has 1 heterocycles. The van der Waals surface area contributed by atoms with E-state index in [0.717, 1.165) is 26.2 Å². The van der Waals surface area contributed by atoms with Gasteiger partial charge in [-0.25, -0.2) is 4.79 Å². The fourth-order valence-corrected chi connectivity index (χ4v) is 2.49. The van der Waals surface area contributed by atoms with Crippen LogP contribution in [0.4, 0.5) is 11.4 Å². The fraction of sp³-hybridized carbons (Fsp3) is 0.533. The second-order valence-electron chi connectivity index (χ2n) is 4.97. The monoisotopic (exact) mass is 277 g/mol. The summed E-state index contributed by atoms with van der Waals surface area (Å²) in [5, 5.41) is 3.28. The van der Waals surface area contributed by atoms with Crippen molar-refractivity contribution in [1.29, 1.82) is 0 Å². The molecule has 0 aliphatic carbocycles. The summed E-state index contributed by atoms with van der Waals surface area (Å²) < 4.78 is 5.06. The number of nitrogens with two attached hydrogens (primary N) is 1. The SMILES string of the molecule is CCOC(=O)c1cccc(N)c1NCCN1CCCC1. The smallest absolute Gasteiger partial charge is 0.340 e. The molecule has 5 heteroatoms. The molecule has 1 aromatic rings. The molecule has 0 radical (unpaired) electrons. The highest BCUT2D eigenvalue weighted by Gasteiger charge is 2.15. The Morgan fingerprint density at radius 2 is 2.15 bits per heavy atom. The van der Waals surface area contributed by atoms with Crippen molar-refractivity contribution in [2.75, 3.05) is 43.8 Å². The molecule has 1 aliphatic rings. The average Bonchev–Trinajstić information content (AvgIpc) is 2.94. The second kappa shape index (κ2) is 7.14. The maximum Gasteiger partial charge on any atom is 0.340 e. The number of hydrogen-bond acceptors (Lipinski definition) is 5. The molecule has 110 valence electrons. The first kappa shape index (κ1) is 14.7. The van der Waals surface area contributed by atoms with E-state index in [2.05, 4.69) is 10.2 Å². The number of hydrogen-bond donors (Lipinski definition) is 2. The first-order valence-electron chi connectivity index (χ1n) is 7.24. The van der Waals surface area contributed by atoms with Gasteiger partial charge in [0.05, 0.1) is 23.5 Å². The number of nitrogen functional groups attached to an aromatic ring is 1. The van der Waals surface area contributed by atoms with Gasteiger partial charge in [0.15, 0.2) is 0 Å². The van der Waals surface area contributed by atoms with Gasteiger partial charge in [-0.3, -0.25) is 0 Å². The molecule has 1 saturated heterocycles. The van der Waals surface area contributed by atoms with Crippen LogP contribution in [0.5, 0.6) is 0 Å². The number of esters is 1. The van der Waals surface area contributed by atoms with Gasteiger partial charge in [-0.1, -0.05) is 6.07 Å². The maximum absolute atomic E-state index is 11.9. The van der Waals surface area contributed by atoms with Crippen LogP contribution in [0.15, 0.2) is 18.2 Å². The van der Waals surface area contributed by atoms with Crippen molar-refractivity contribution in [2.24, 2.45) is 0 Å². The van der Waals surface area contributed by atoms with Gasteiger partial charge >= 0.3 is 5.97 Å². The van der Waals surface area contributed by atoms with Crippen molar-refractivity contribution < 1.29 is 9.53 Å². The van der Waals surface area contributed by atoms with E-state index in [1.807, 2.05) is 0 Å². The van der Waals surface area contributed by atoms with E-state index in [0.29, 0.717) is 23.5 Å². The molecule has 0 saturated carbocycles. The summed E-state index contributed by atoms with van der Waals surface area (Å²) in [5.41, 5.74) is 7.74. The topological polar surface area (TPSA) is 67.6 Å².